The number of hydrogen-bond acceptors (Lipinski definition) is 4. The lowest BCUT2D eigenvalue weighted by molar-refractivity contribution is -0.125. The number of carbonyl (C=O) groups excluding carboxylic acids is 2. The zero-order valence-electron chi connectivity index (χ0n) is 14.3. The molecule has 0 aliphatic carbocycles. The summed E-state index contributed by atoms with van der Waals surface area (Å²) in [6.45, 7) is 1.64. The maximum absolute atomic E-state index is 12.1. The van der Waals surface area contributed by atoms with E-state index in [2.05, 4.69) is 12.2 Å². The summed E-state index contributed by atoms with van der Waals surface area (Å²) in [4.78, 5) is 24.1. The Balaban J connectivity index is 1.88. The molecule has 0 bridgehead atoms. The standard InChI is InChI=1S/C20H23NO4/c1-2-6-18(16-7-4-3-5-8-16)21-19(23)14-25-20(24)17-11-9-15(13-22)10-12-17/h3-5,7-12,18,22H,2,6,13-14H2,1H3,(H,21,23)/t18-/m0/s1. The molecule has 0 unspecified atom stereocenters. The van der Waals surface area contributed by atoms with Crippen LogP contribution in [0.3, 0.4) is 0 Å². The number of nitrogens with one attached hydrogen (secondary N) is 1. The van der Waals surface area contributed by atoms with Gasteiger partial charge in [0, 0.05) is 0 Å². The van der Waals surface area contributed by atoms with E-state index >= 15 is 0 Å². The van der Waals surface area contributed by atoms with E-state index in [-0.39, 0.29) is 25.2 Å². The molecule has 2 aromatic rings. The lowest BCUT2D eigenvalue weighted by Crippen LogP contribution is -2.32. The molecule has 0 fully saturated rings. The van der Waals surface area contributed by atoms with Crippen molar-refractivity contribution in [1.29, 1.82) is 0 Å². The van der Waals surface area contributed by atoms with Gasteiger partial charge in [0.15, 0.2) is 6.61 Å². The van der Waals surface area contributed by atoms with Gasteiger partial charge in [0.1, 0.15) is 0 Å². The molecule has 5 nitrogen and oxygen atoms in total. The van der Waals surface area contributed by atoms with Crippen molar-refractivity contribution in [3.63, 3.8) is 0 Å². The van der Waals surface area contributed by atoms with E-state index in [1.54, 1.807) is 24.3 Å². The predicted molar refractivity (Wildman–Crippen MR) is 94.9 cm³/mol. The molecule has 0 saturated carbocycles. The molecule has 1 atom stereocenters. The Morgan fingerprint density at radius 2 is 1.76 bits per heavy atom. The van der Waals surface area contributed by atoms with Crippen molar-refractivity contribution in [2.24, 2.45) is 0 Å². The minimum atomic E-state index is -0.564. The molecule has 0 radical (unpaired) electrons. The second kappa shape index (κ2) is 9.59. The Morgan fingerprint density at radius 1 is 1.08 bits per heavy atom. The van der Waals surface area contributed by atoms with Gasteiger partial charge in [0.05, 0.1) is 18.2 Å². The average molecular weight is 341 g/mol. The number of hydrogen-bond donors (Lipinski definition) is 2. The van der Waals surface area contributed by atoms with E-state index in [0.717, 1.165) is 18.4 Å². The summed E-state index contributed by atoms with van der Waals surface area (Å²) in [5.74, 6) is -0.894. The minimum Gasteiger partial charge on any atom is -0.452 e. The number of benzene rings is 2. The second-order valence-electron chi connectivity index (χ2n) is 5.75. The van der Waals surface area contributed by atoms with Crippen LogP contribution in [0.1, 0.15) is 47.3 Å². The molecule has 5 heteroatoms. The third-order valence-corrected chi connectivity index (χ3v) is 3.82. The SMILES string of the molecule is CCC[C@H](NC(=O)COC(=O)c1ccc(CO)cc1)c1ccccc1. The number of aliphatic hydroxyl groups is 1. The number of esters is 1. The lowest BCUT2D eigenvalue weighted by Gasteiger charge is -2.18. The van der Waals surface area contributed by atoms with Crippen LogP contribution in [0.2, 0.25) is 0 Å². The van der Waals surface area contributed by atoms with Crippen molar-refractivity contribution in [2.45, 2.75) is 32.4 Å². The van der Waals surface area contributed by atoms with Crippen LogP contribution in [-0.4, -0.2) is 23.6 Å². The van der Waals surface area contributed by atoms with Gasteiger partial charge in [-0.05, 0) is 29.7 Å². The number of rotatable bonds is 8. The van der Waals surface area contributed by atoms with Crippen LogP contribution in [0.15, 0.2) is 54.6 Å². The summed E-state index contributed by atoms with van der Waals surface area (Å²) < 4.78 is 5.06. The van der Waals surface area contributed by atoms with Gasteiger partial charge < -0.3 is 15.2 Å². The molecule has 1 amide bonds. The van der Waals surface area contributed by atoms with Gasteiger partial charge in [-0.15, -0.1) is 0 Å². The molecule has 0 aromatic heterocycles. The number of ether oxygens (including phenoxy) is 1. The average Bonchev–Trinajstić information content (AvgIpc) is 2.66. The largest absolute Gasteiger partial charge is 0.452 e. The Bertz CT molecular complexity index is 683. The zero-order chi connectivity index (χ0) is 18.1. The Hall–Kier alpha value is -2.66. The normalized spacial score (nSPS) is 11.6. The lowest BCUT2D eigenvalue weighted by atomic mass is 10.0. The van der Waals surface area contributed by atoms with E-state index in [4.69, 9.17) is 9.84 Å². The van der Waals surface area contributed by atoms with Gasteiger partial charge in [0.25, 0.3) is 5.91 Å². The van der Waals surface area contributed by atoms with Gasteiger partial charge in [-0.25, -0.2) is 4.79 Å². The minimum absolute atomic E-state index is 0.0873. The van der Waals surface area contributed by atoms with Crippen molar-refractivity contribution < 1.29 is 19.4 Å². The van der Waals surface area contributed by atoms with E-state index in [1.165, 1.54) is 0 Å². The first kappa shape index (κ1) is 18.7. The Kier molecular flexibility index (Phi) is 7.16. The molecule has 0 spiro atoms. The van der Waals surface area contributed by atoms with E-state index in [9.17, 15) is 9.59 Å². The fourth-order valence-corrected chi connectivity index (χ4v) is 2.49. The highest BCUT2D eigenvalue weighted by atomic mass is 16.5. The molecule has 2 rings (SSSR count). The highest BCUT2D eigenvalue weighted by Gasteiger charge is 2.15. The van der Waals surface area contributed by atoms with Crippen LogP contribution in [-0.2, 0) is 16.1 Å². The fraction of sp³-hybridized carbons (Fsp3) is 0.300. The molecule has 2 N–H and O–H groups in total. The molecule has 0 aliphatic rings. The highest BCUT2D eigenvalue weighted by molar-refractivity contribution is 5.91. The van der Waals surface area contributed by atoms with Crippen LogP contribution in [0.4, 0.5) is 0 Å². The van der Waals surface area contributed by atoms with Crippen LogP contribution in [0, 0.1) is 0 Å². The first-order valence-corrected chi connectivity index (χ1v) is 8.35. The summed E-state index contributed by atoms with van der Waals surface area (Å²) in [6.07, 6.45) is 1.74. The zero-order valence-corrected chi connectivity index (χ0v) is 14.3. The summed E-state index contributed by atoms with van der Waals surface area (Å²) >= 11 is 0. The fourth-order valence-electron chi connectivity index (χ4n) is 2.49. The molecule has 2 aromatic carbocycles. The number of carbonyl (C=O) groups is 2. The van der Waals surface area contributed by atoms with Crippen molar-refractivity contribution in [3.05, 3.63) is 71.3 Å². The third-order valence-electron chi connectivity index (χ3n) is 3.82. The van der Waals surface area contributed by atoms with Crippen LogP contribution in [0.25, 0.3) is 0 Å². The molecule has 0 aliphatic heterocycles. The highest BCUT2D eigenvalue weighted by Crippen LogP contribution is 2.18. The molecule has 0 heterocycles. The maximum Gasteiger partial charge on any atom is 0.338 e. The predicted octanol–water partition coefficient (Wildman–Crippen LogP) is 2.99. The van der Waals surface area contributed by atoms with Gasteiger partial charge in [-0.3, -0.25) is 4.79 Å². The van der Waals surface area contributed by atoms with Crippen molar-refractivity contribution in [1.82, 2.24) is 5.32 Å². The molecular weight excluding hydrogens is 318 g/mol. The van der Waals surface area contributed by atoms with Gasteiger partial charge >= 0.3 is 5.97 Å². The molecule has 0 saturated heterocycles. The maximum atomic E-state index is 12.1. The quantitative estimate of drug-likeness (QED) is 0.724. The summed E-state index contributed by atoms with van der Waals surface area (Å²) in [5.41, 5.74) is 2.08. The van der Waals surface area contributed by atoms with E-state index in [0.29, 0.717) is 11.1 Å². The van der Waals surface area contributed by atoms with Crippen LogP contribution in [0.5, 0.6) is 0 Å². The molecular formula is C20H23NO4. The number of amides is 1. The monoisotopic (exact) mass is 341 g/mol. The molecule has 25 heavy (non-hydrogen) atoms. The third kappa shape index (κ3) is 5.72. The summed E-state index contributed by atoms with van der Waals surface area (Å²) in [7, 11) is 0. The summed E-state index contributed by atoms with van der Waals surface area (Å²) in [5, 5.41) is 11.9. The van der Waals surface area contributed by atoms with Crippen LogP contribution < -0.4 is 5.32 Å². The van der Waals surface area contributed by atoms with Crippen molar-refractivity contribution >= 4 is 11.9 Å². The van der Waals surface area contributed by atoms with Crippen molar-refractivity contribution in [2.75, 3.05) is 6.61 Å². The summed E-state index contributed by atoms with van der Waals surface area (Å²) in [6, 6.07) is 16.0. The Labute approximate surface area is 147 Å². The van der Waals surface area contributed by atoms with E-state index < -0.39 is 5.97 Å². The Morgan fingerprint density at radius 3 is 2.36 bits per heavy atom. The van der Waals surface area contributed by atoms with E-state index in [1.807, 2.05) is 30.3 Å². The smallest absolute Gasteiger partial charge is 0.338 e. The van der Waals surface area contributed by atoms with Gasteiger partial charge in [-0.2, -0.15) is 0 Å². The molecule has 132 valence electrons. The van der Waals surface area contributed by atoms with Crippen LogP contribution >= 0.6 is 0 Å². The number of aliphatic hydroxyl groups excluding tert-OH is 1. The topological polar surface area (TPSA) is 75.6 Å². The second-order valence-corrected chi connectivity index (χ2v) is 5.75. The van der Waals surface area contributed by atoms with Crippen molar-refractivity contribution in [3.8, 4) is 0 Å². The first-order chi connectivity index (χ1) is 12.1. The van der Waals surface area contributed by atoms with Gasteiger partial charge in [0.2, 0.25) is 0 Å². The van der Waals surface area contributed by atoms with Gasteiger partial charge in [-0.1, -0.05) is 55.8 Å². The first-order valence-electron chi connectivity index (χ1n) is 8.35.